The van der Waals surface area contributed by atoms with E-state index < -0.39 is 0 Å². The maximum atomic E-state index is 4.00. The lowest BCUT2D eigenvalue weighted by Gasteiger charge is -1.99. The summed E-state index contributed by atoms with van der Waals surface area (Å²) in [6.07, 6.45) is 9.88. The van der Waals surface area contributed by atoms with E-state index in [1.807, 2.05) is 20.1 Å². The minimum atomic E-state index is 1.21. The number of rotatable bonds is 1. The summed E-state index contributed by atoms with van der Waals surface area (Å²) in [4.78, 5) is 3.97. The molecule has 0 radical (unpaired) electrons. The van der Waals surface area contributed by atoms with E-state index in [1.54, 1.807) is 7.05 Å². The van der Waals surface area contributed by atoms with Crippen LogP contribution in [0.3, 0.4) is 0 Å². The first kappa shape index (κ1) is 15.9. The normalized spacial score (nSPS) is 8.47. The van der Waals surface area contributed by atoms with Crippen molar-refractivity contribution in [2.24, 2.45) is 4.99 Å². The van der Waals surface area contributed by atoms with E-state index in [0.717, 1.165) is 0 Å². The molecule has 1 nitrogen and oxygen atoms in total. The topological polar surface area (TPSA) is 12.4 Å². The van der Waals surface area contributed by atoms with Gasteiger partial charge in [-0.15, -0.1) is 12.8 Å². The zero-order valence-corrected chi connectivity index (χ0v) is 10.4. The van der Waals surface area contributed by atoms with Gasteiger partial charge in [-0.1, -0.05) is 37.6 Å². The second kappa shape index (κ2) is 10.5. The first-order chi connectivity index (χ1) is 7.24. The summed E-state index contributed by atoms with van der Waals surface area (Å²) in [6, 6.07) is 6.36. The monoisotopic (exact) mass is 203 g/mol. The highest BCUT2D eigenvalue weighted by molar-refractivity contribution is 5.81. The Balaban J connectivity index is 0. The Hall–Kier alpha value is -1.55. The maximum Gasteiger partial charge on any atom is 0.0284 e. The summed E-state index contributed by atoms with van der Waals surface area (Å²) in [5.41, 5.74) is 3.80. The highest BCUT2D eigenvalue weighted by Gasteiger charge is 1.92. The molecule has 1 heteroatoms. The van der Waals surface area contributed by atoms with Crippen LogP contribution in [0.4, 0.5) is 0 Å². The highest BCUT2D eigenvalue weighted by atomic mass is 14.6. The minimum Gasteiger partial charge on any atom is -0.296 e. The van der Waals surface area contributed by atoms with Crippen LogP contribution < -0.4 is 0 Å². The number of hydrogen-bond donors (Lipinski definition) is 0. The molecule has 15 heavy (non-hydrogen) atoms. The van der Waals surface area contributed by atoms with E-state index >= 15 is 0 Å². The van der Waals surface area contributed by atoms with Crippen LogP contribution in [0.1, 0.15) is 30.5 Å². The Bertz CT molecular complexity index is 308. The number of hydrogen-bond acceptors (Lipinski definition) is 1. The predicted molar refractivity (Wildman–Crippen MR) is 70.7 cm³/mol. The van der Waals surface area contributed by atoms with Crippen LogP contribution in [0.2, 0.25) is 0 Å². The van der Waals surface area contributed by atoms with Crippen molar-refractivity contribution >= 4 is 6.21 Å². The van der Waals surface area contributed by atoms with E-state index in [2.05, 4.69) is 49.9 Å². The lowest BCUT2D eigenvalue weighted by atomic mass is 10.1. The molecule has 0 aliphatic heterocycles. The Kier molecular flexibility index (Phi) is 11.2. The number of benzene rings is 1. The van der Waals surface area contributed by atoms with Crippen LogP contribution in [0.5, 0.6) is 0 Å². The molecular weight excluding hydrogens is 182 g/mol. The van der Waals surface area contributed by atoms with Crippen molar-refractivity contribution in [1.29, 1.82) is 0 Å². The first-order valence-corrected chi connectivity index (χ1v) is 5.07. The number of aliphatic imine (C=N–C) groups is 1. The van der Waals surface area contributed by atoms with Gasteiger partial charge in [0.2, 0.25) is 0 Å². The number of terminal acetylenes is 1. The van der Waals surface area contributed by atoms with Gasteiger partial charge in [-0.05, 0) is 25.0 Å². The van der Waals surface area contributed by atoms with Gasteiger partial charge in [-0.2, -0.15) is 0 Å². The Morgan fingerprint density at radius 2 is 1.67 bits per heavy atom. The molecule has 0 amide bonds. The third-order valence-corrected chi connectivity index (χ3v) is 1.69. The molecule has 1 rings (SSSR count). The SMILES string of the molecule is C#C.CC.CN=Cc1ccc(C)cc1C. The molecule has 1 aromatic carbocycles. The quantitative estimate of drug-likeness (QED) is 0.488. The van der Waals surface area contributed by atoms with E-state index in [1.165, 1.54) is 16.7 Å². The molecule has 0 aliphatic rings. The fraction of sp³-hybridized carbons (Fsp3) is 0.357. The van der Waals surface area contributed by atoms with Gasteiger partial charge >= 0.3 is 0 Å². The highest BCUT2D eigenvalue weighted by Crippen LogP contribution is 2.07. The van der Waals surface area contributed by atoms with Gasteiger partial charge in [0, 0.05) is 13.3 Å². The van der Waals surface area contributed by atoms with Crippen LogP contribution >= 0.6 is 0 Å². The summed E-state index contributed by atoms with van der Waals surface area (Å²) in [5.74, 6) is 0. The van der Waals surface area contributed by atoms with E-state index in [9.17, 15) is 0 Å². The summed E-state index contributed by atoms with van der Waals surface area (Å²) in [7, 11) is 1.79. The fourth-order valence-electron chi connectivity index (χ4n) is 1.11. The Morgan fingerprint density at radius 1 is 1.13 bits per heavy atom. The fourth-order valence-corrected chi connectivity index (χ4v) is 1.11. The summed E-state index contributed by atoms with van der Waals surface area (Å²) in [5, 5.41) is 0. The van der Waals surface area contributed by atoms with E-state index in [4.69, 9.17) is 0 Å². The van der Waals surface area contributed by atoms with Crippen molar-refractivity contribution in [3.05, 3.63) is 34.9 Å². The van der Waals surface area contributed by atoms with Crippen molar-refractivity contribution in [2.45, 2.75) is 27.7 Å². The van der Waals surface area contributed by atoms with Gasteiger partial charge in [0.15, 0.2) is 0 Å². The minimum absolute atomic E-state index is 1.21. The summed E-state index contributed by atoms with van der Waals surface area (Å²) >= 11 is 0. The summed E-state index contributed by atoms with van der Waals surface area (Å²) in [6.45, 7) is 8.20. The third kappa shape index (κ3) is 6.51. The van der Waals surface area contributed by atoms with Crippen LogP contribution in [0.25, 0.3) is 0 Å². The van der Waals surface area contributed by atoms with Gasteiger partial charge in [0.05, 0.1) is 0 Å². The van der Waals surface area contributed by atoms with E-state index in [-0.39, 0.29) is 0 Å². The Morgan fingerprint density at radius 3 is 2.07 bits per heavy atom. The maximum absolute atomic E-state index is 4.00. The molecule has 0 spiro atoms. The molecule has 0 atom stereocenters. The molecule has 0 unspecified atom stereocenters. The lowest BCUT2D eigenvalue weighted by molar-refractivity contribution is 1.36. The second-order valence-corrected chi connectivity index (χ2v) is 2.75. The third-order valence-electron chi connectivity index (χ3n) is 1.69. The number of nitrogens with zero attached hydrogens (tertiary/aromatic N) is 1. The lowest BCUT2D eigenvalue weighted by Crippen LogP contribution is -1.86. The first-order valence-electron chi connectivity index (χ1n) is 5.07. The summed E-state index contributed by atoms with van der Waals surface area (Å²) < 4.78 is 0. The molecule has 1 aromatic rings. The second-order valence-electron chi connectivity index (χ2n) is 2.75. The molecule has 0 aromatic heterocycles. The smallest absolute Gasteiger partial charge is 0.0284 e. The van der Waals surface area contributed by atoms with Crippen LogP contribution in [0, 0.1) is 26.7 Å². The molecule has 0 saturated heterocycles. The number of aryl methyl sites for hydroxylation is 2. The van der Waals surface area contributed by atoms with Gasteiger partial charge in [-0.3, -0.25) is 4.99 Å². The van der Waals surface area contributed by atoms with Crippen molar-refractivity contribution in [3.63, 3.8) is 0 Å². The largest absolute Gasteiger partial charge is 0.296 e. The van der Waals surface area contributed by atoms with Crippen LogP contribution in [-0.4, -0.2) is 13.3 Å². The van der Waals surface area contributed by atoms with Gasteiger partial charge in [0.1, 0.15) is 0 Å². The predicted octanol–water partition coefficient (Wildman–Crippen LogP) is 3.63. The molecular formula is C14H21N. The molecule has 0 saturated carbocycles. The van der Waals surface area contributed by atoms with Gasteiger partial charge in [-0.25, -0.2) is 0 Å². The van der Waals surface area contributed by atoms with Gasteiger partial charge < -0.3 is 0 Å². The molecule has 0 N–H and O–H groups in total. The van der Waals surface area contributed by atoms with Crippen LogP contribution in [0.15, 0.2) is 23.2 Å². The van der Waals surface area contributed by atoms with Crippen LogP contribution in [-0.2, 0) is 0 Å². The van der Waals surface area contributed by atoms with Crippen molar-refractivity contribution in [1.82, 2.24) is 0 Å². The van der Waals surface area contributed by atoms with E-state index in [0.29, 0.717) is 0 Å². The molecule has 0 aliphatic carbocycles. The zero-order valence-electron chi connectivity index (χ0n) is 10.4. The molecule has 0 heterocycles. The average Bonchev–Trinajstić information content (AvgIpc) is 2.28. The standard InChI is InChI=1S/C10H13N.C2H6.C2H2/c1-8-4-5-10(7-11-3)9(2)6-8;2*1-2/h4-7H,1-3H3;1-2H3;1-2H. The molecule has 0 fully saturated rings. The molecule has 82 valence electrons. The van der Waals surface area contributed by atoms with Crippen molar-refractivity contribution in [3.8, 4) is 12.8 Å². The average molecular weight is 203 g/mol. The van der Waals surface area contributed by atoms with Gasteiger partial charge in [0.25, 0.3) is 0 Å². The molecule has 0 bridgehead atoms. The van der Waals surface area contributed by atoms with Crippen molar-refractivity contribution < 1.29 is 0 Å². The van der Waals surface area contributed by atoms with Crippen molar-refractivity contribution in [2.75, 3.05) is 7.05 Å². The zero-order chi connectivity index (χ0) is 12.3. The Labute approximate surface area is 94.3 Å².